The number of benzene rings is 1. The molecule has 5 nitrogen and oxygen atoms in total. The Bertz CT molecular complexity index is 548. The minimum absolute atomic E-state index is 0. The Kier molecular flexibility index (Phi) is 9.53. The summed E-state index contributed by atoms with van der Waals surface area (Å²) in [6.07, 6.45) is 4.86. The van der Waals surface area contributed by atoms with Crippen LogP contribution in [0.4, 0.5) is 0 Å². The maximum absolute atomic E-state index is 12.7. The van der Waals surface area contributed by atoms with Gasteiger partial charge in [0.1, 0.15) is 0 Å². The van der Waals surface area contributed by atoms with Gasteiger partial charge in [0.2, 0.25) is 11.8 Å². The third-order valence-corrected chi connectivity index (χ3v) is 4.64. The van der Waals surface area contributed by atoms with E-state index in [4.69, 9.17) is 5.73 Å². The van der Waals surface area contributed by atoms with Crippen LogP contribution in [0.2, 0.25) is 0 Å². The molecule has 0 bridgehead atoms. The van der Waals surface area contributed by atoms with Crippen molar-refractivity contribution in [3.05, 3.63) is 35.4 Å². The fourth-order valence-corrected chi connectivity index (χ4v) is 3.16. The molecule has 1 heterocycles. The molecule has 1 aromatic carbocycles. The van der Waals surface area contributed by atoms with Crippen LogP contribution in [0.1, 0.15) is 43.7 Å². The van der Waals surface area contributed by atoms with Gasteiger partial charge in [0.05, 0.1) is 6.42 Å². The summed E-state index contributed by atoms with van der Waals surface area (Å²) < 4.78 is 0. The van der Waals surface area contributed by atoms with E-state index < -0.39 is 0 Å². The van der Waals surface area contributed by atoms with Crippen LogP contribution in [0.15, 0.2) is 24.3 Å². The molecule has 6 heteroatoms. The number of hydrogen-bond acceptors (Lipinski definition) is 3. The number of nitrogens with zero attached hydrogens (tertiary/aromatic N) is 1. The number of nitrogens with two attached hydrogens (primary N) is 1. The molecule has 1 unspecified atom stereocenters. The molecule has 0 radical (unpaired) electrons. The van der Waals surface area contributed by atoms with Gasteiger partial charge in [-0.15, -0.1) is 12.4 Å². The van der Waals surface area contributed by atoms with E-state index in [9.17, 15) is 9.59 Å². The summed E-state index contributed by atoms with van der Waals surface area (Å²) in [5.41, 5.74) is 7.73. The van der Waals surface area contributed by atoms with Crippen molar-refractivity contribution in [1.29, 1.82) is 0 Å². The van der Waals surface area contributed by atoms with Crippen LogP contribution in [0, 0.1) is 0 Å². The second kappa shape index (κ2) is 11.1. The van der Waals surface area contributed by atoms with Gasteiger partial charge in [0, 0.05) is 32.1 Å². The number of likely N-dealkylation sites (tertiary alicyclic amines) is 1. The van der Waals surface area contributed by atoms with E-state index in [1.54, 1.807) is 0 Å². The van der Waals surface area contributed by atoms with E-state index in [0.29, 0.717) is 25.9 Å². The Labute approximate surface area is 156 Å². The first kappa shape index (κ1) is 21.5. The molecule has 2 rings (SSSR count). The van der Waals surface area contributed by atoms with Crippen molar-refractivity contribution in [1.82, 2.24) is 10.2 Å². The molecule has 3 N–H and O–H groups in total. The second-order valence-electron chi connectivity index (χ2n) is 6.43. The Morgan fingerprint density at radius 3 is 2.52 bits per heavy atom. The summed E-state index contributed by atoms with van der Waals surface area (Å²) in [5, 5.41) is 2.90. The highest BCUT2D eigenvalue weighted by atomic mass is 35.5. The summed E-state index contributed by atoms with van der Waals surface area (Å²) in [4.78, 5) is 26.3. The van der Waals surface area contributed by atoms with Crippen LogP contribution in [0.3, 0.4) is 0 Å². The van der Waals surface area contributed by atoms with E-state index >= 15 is 0 Å². The lowest BCUT2D eigenvalue weighted by molar-refractivity contribution is -0.134. The fraction of sp³-hybridized carbons (Fsp3) is 0.579. The molecule has 1 fully saturated rings. The number of carbonyl (C=O) groups excluding carboxylic acids is 2. The fourth-order valence-electron chi connectivity index (χ4n) is 3.16. The van der Waals surface area contributed by atoms with Crippen molar-refractivity contribution >= 4 is 24.2 Å². The SMILES string of the molecule is CCc1ccc(CC(=O)N2CCCCC2CNC(=O)CCN)cc1.Cl. The Morgan fingerprint density at radius 1 is 1.20 bits per heavy atom. The van der Waals surface area contributed by atoms with Crippen LogP contribution < -0.4 is 11.1 Å². The summed E-state index contributed by atoms with van der Waals surface area (Å²) in [6.45, 7) is 3.78. The van der Waals surface area contributed by atoms with Crippen LogP contribution in [-0.4, -0.2) is 42.4 Å². The van der Waals surface area contributed by atoms with Gasteiger partial charge in [-0.3, -0.25) is 9.59 Å². The smallest absolute Gasteiger partial charge is 0.227 e. The lowest BCUT2D eigenvalue weighted by atomic mass is 10.00. The third kappa shape index (κ3) is 6.67. The van der Waals surface area contributed by atoms with E-state index in [1.165, 1.54) is 5.56 Å². The summed E-state index contributed by atoms with van der Waals surface area (Å²) >= 11 is 0. The largest absolute Gasteiger partial charge is 0.354 e. The van der Waals surface area contributed by atoms with Gasteiger partial charge >= 0.3 is 0 Å². The highest BCUT2D eigenvalue weighted by Crippen LogP contribution is 2.18. The molecular weight excluding hydrogens is 338 g/mol. The Morgan fingerprint density at radius 2 is 1.88 bits per heavy atom. The number of aryl methyl sites for hydroxylation is 1. The number of piperidine rings is 1. The predicted octanol–water partition coefficient (Wildman–Crippen LogP) is 2.06. The summed E-state index contributed by atoms with van der Waals surface area (Å²) in [7, 11) is 0. The molecule has 1 aromatic rings. The molecule has 0 saturated carbocycles. The van der Waals surface area contributed by atoms with Crippen molar-refractivity contribution in [2.75, 3.05) is 19.6 Å². The van der Waals surface area contributed by atoms with Crippen molar-refractivity contribution in [2.24, 2.45) is 5.73 Å². The number of rotatable bonds is 7. The second-order valence-corrected chi connectivity index (χ2v) is 6.43. The molecule has 2 amide bonds. The summed E-state index contributed by atoms with van der Waals surface area (Å²) in [6, 6.07) is 8.35. The van der Waals surface area contributed by atoms with Crippen LogP contribution in [0.25, 0.3) is 0 Å². The summed E-state index contributed by atoms with van der Waals surface area (Å²) in [5.74, 6) is 0.114. The molecule has 25 heavy (non-hydrogen) atoms. The van der Waals surface area contributed by atoms with Crippen LogP contribution in [0.5, 0.6) is 0 Å². The van der Waals surface area contributed by atoms with Crippen molar-refractivity contribution in [3.8, 4) is 0 Å². The van der Waals surface area contributed by atoms with Gasteiger partial charge in [0.25, 0.3) is 0 Å². The minimum Gasteiger partial charge on any atom is -0.354 e. The molecule has 140 valence electrons. The molecule has 0 aliphatic carbocycles. The first-order valence-electron chi connectivity index (χ1n) is 8.98. The zero-order valence-corrected chi connectivity index (χ0v) is 15.8. The lowest BCUT2D eigenvalue weighted by Gasteiger charge is -2.36. The van der Waals surface area contributed by atoms with Gasteiger partial charge in [-0.1, -0.05) is 31.2 Å². The number of nitrogens with one attached hydrogen (secondary N) is 1. The van der Waals surface area contributed by atoms with Crippen LogP contribution in [-0.2, 0) is 22.4 Å². The molecule has 1 aliphatic rings. The van der Waals surface area contributed by atoms with Crippen molar-refractivity contribution < 1.29 is 9.59 Å². The third-order valence-electron chi connectivity index (χ3n) is 4.64. The molecule has 0 aromatic heterocycles. The van der Waals surface area contributed by atoms with Gasteiger partial charge < -0.3 is 16.0 Å². The van der Waals surface area contributed by atoms with Crippen molar-refractivity contribution in [2.45, 2.75) is 51.5 Å². The highest BCUT2D eigenvalue weighted by Gasteiger charge is 2.26. The van der Waals surface area contributed by atoms with Gasteiger partial charge in [0.15, 0.2) is 0 Å². The normalized spacial score (nSPS) is 16.9. The zero-order valence-electron chi connectivity index (χ0n) is 15.0. The molecular formula is C19H30ClN3O2. The zero-order chi connectivity index (χ0) is 17.4. The number of amides is 2. The predicted molar refractivity (Wildman–Crippen MR) is 103 cm³/mol. The maximum atomic E-state index is 12.7. The Hall–Kier alpha value is -1.59. The monoisotopic (exact) mass is 367 g/mol. The van der Waals surface area contributed by atoms with Gasteiger partial charge in [-0.05, 0) is 36.8 Å². The average Bonchev–Trinajstić information content (AvgIpc) is 2.61. The highest BCUT2D eigenvalue weighted by molar-refractivity contribution is 5.85. The average molecular weight is 368 g/mol. The molecule has 1 saturated heterocycles. The molecule has 0 spiro atoms. The van der Waals surface area contributed by atoms with Crippen molar-refractivity contribution in [3.63, 3.8) is 0 Å². The van der Waals surface area contributed by atoms with E-state index in [2.05, 4.69) is 24.4 Å². The van der Waals surface area contributed by atoms with Gasteiger partial charge in [-0.2, -0.15) is 0 Å². The maximum Gasteiger partial charge on any atom is 0.227 e. The van der Waals surface area contributed by atoms with E-state index in [-0.39, 0.29) is 30.3 Å². The molecule has 1 aliphatic heterocycles. The van der Waals surface area contributed by atoms with E-state index in [0.717, 1.165) is 37.8 Å². The van der Waals surface area contributed by atoms with Gasteiger partial charge in [-0.25, -0.2) is 0 Å². The molecule has 1 atom stereocenters. The minimum atomic E-state index is -0.0365. The first-order chi connectivity index (χ1) is 11.6. The van der Waals surface area contributed by atoms with Crippen LogP contribution >= 0.6 is 12.4 Å². The Balaban J connectivity index is 0.00000312. The lowest BCUT2D eigenvalue weighted by Crippen LogP contribution is -2.50. The first-order valence-corrected chi connectivity index (χ1v) is 8.98. The number of hydrogen-bond donors (Lipinski definition) is 2. The standard InChI is InChI=1S/C19H29N3O2.ClH/c1-2-15-6-8-16(9-7-15)13-19(24)22-12-4-3-5-17(22)14-21-18(23)10-11-20;/h6-9,17H,2-5,10-14,20H2,1H3,(H,21,23);1H. The number of carbonyl (C=O) groups is 2. The number of halogens is 1. The quantitative estimate of drug-likeness (QED) is 0.774. The topological polar surface area (TPSA) is 75.4 Å². The van der Waals surface area contributed by atoms with E-state index in [1.807, 2.05) is 17.0 Å².